The topological polar surface area (TPSA) is 79.3 Å². The van der Waals surface area contributed by atoms with E-state index in [1.807, 2.05) is 12.1 Å². The molecular formula is C14H12N2O4. The summed E-state index contributed by atoms with van der Waals surface area (Å²) < 4.78 is 5.57. The first-order valence-electron chi connectivity index (χ1n) is 5.79. The van der Waals surface area contributed by atoms with Crippen LogP contribution in [0, 0.1) is 15.3 Å². The first-order valence-corrected chi connectivity index (χ1v) is 5.79. The van der Waals surface area contributed by atoms with Gasteiger partial charge < -0.3 is 9.94 Å². The van der Waals surface area contributed by atoms with Crippen molar-refractivity contribution in [1.82, 2.24) is 0 Å². The molecule has 0 saturated carbocycles. The van der Waals surface area contributed by atoms with Gasteiger partial charge in [0.15, 0.2) is 12.4 Å². The standard InChI is InChI=1S/C14H12N2O4/c1-20-13-6-3-11(4-7-13)2-5-12-10-15(17)9-8-14(12)16(18)19/h2-10H,1H3/b5-2+. The van der Waals surface area contributed by atoms with E-state index in [9.17, 15) is 15.3 Å². The van der Waals surface area contributed by atoms with Crippen molar-refractivity contribution in [2.45, 2.75) is 0 Å². The molecule has 0 saturated heterocycles. The first-order chi connectivity index (χ1) is 9.60. The van der Waals surface area contributed by atoms with Gasteiger partial charge in [-0.3, -0.25) is 10.1 Å². The third-order valence-electron chi connectivity index (χ3n) is 2.71. The van der Waals surface area contributed by atoms with Crippen molar-refractivity contribution >= 4 is 17.8 Å². The van der Waals surface area contributed by atoms with Gasteiger partial charge in [0.05, 0.1) is 18.1 Å². The summed E-state index contributed by atoms with van der Waals surface area (Å²) in [6.45, 7) is 0. The van der Waals surface area contributed by atoms with Crippen LogP contribution in [-0.4, -0.2) is 12.0 Å². The van der Waals surface area contributed by atoms with Crippen LogP contribution in [-0.2, 0) is 0 Å². The van der Waals surface area contributed by atoms with Crippen LogP contribution in [0.25, 0.3) is 12.2 Å². The molecule has 0 atom stereocenters. The Bertz CT molecular complexity index is 651. The molecular weight excluding hydrogens is 260 g/mol. The van der Waals surface area contributed by atoms with Gasteiger partial charge in [-0.15, -0.1) is 0 Å². The van der Waals surface area contributed by atoms with Crippen molar-refractivity contribution in [2.24, 2.45) is 0 Å². The van der Waals surface area contributed by atoms with E-state index in [-0.39, 0.29) is 11.3 Å². The van der Waals surface area contributed by atoms with Crippen LogP contribution in [0.15, 0.2) is 42.7 Å². The summed E-state index contributed by atoms with van der Waals surface area (Å²) in [5.41, 5.74) is 0.992. The molecule has 6 heteroatoms. The summed E-state index contributed by atoms with van der Waals surface area (Å²) in [5, 5.41) is 22.1. The molecule has 0 aliphatic rings. The summed E-state index contributed by atoms with van der Waals surface area (Å²) >= 11 is 0. The monoisotopic (exact) mass is 272 g/mol. The lowest BCUT2D eigenvalue weighted by Crippen LogP contribution is -2.24. The summed E-state index contributed by atoms with van der Waals surface area (Å²) in [6.07, 6.45) is 5.50. The van der Waals surface area contributed by atoms with E-state index in [1.165, 1.54) is 12.1 Å². The number of rotatable bonds is 4. The number of ether oxygens (including phenoxy) is 1. The smallest absolute Gasteiger partial charge is 0.288 e. The van der Waals surface area contributed by atoms with Gasteiger partial charge in [0.2, 0.25) is 0 Å². The zero-order valence-electron chi connectivity index (χ0n) is 10.7. The van der Waals surface area contributed by atoms with Crippen LogP contribution in [0.3, 0.4) is 0 Å². The predicted octanol–water partition coefficient (Wildman–Crippen LogP) is 2.41. The Labute approximate surface area is 115 Å². The lowest BCUT2D eigenvalue weighted by molar-refractivity contribution is -0.606. The second-order valence-corrected chi connectivity index (χ2v) is 4.01. The van der Waals surface area contributed by atoms with Crippen molar-refractivity contribution in [1.29, 1.82) is 0 Å². The predicted molar refractivity (Wildman–Crippen MR) is 74.0 cm³/mol. The Balaban J connectivity index is 2.30. The maximum atomic E-state index is 11.2. The number of pyridine rings is 1. The fraction of sp³-hybridized carbons (Fsp3) is 0.0714. The van der Waals surface area contributed by atoms with Crippen LogP contribution >= 0.6 is 0 Å². The number of benzene rings is 1. The van der Waals surface area contributed by atoms with E-state index in [1.54, 1.807) is 25.3 Å². The Morgan fingerprint density at radius 2 is 1.90 bits per heavy atom. The highest BCUT2D eigenvalue weighted by Crippen LogP contribution is 2.19. The van der Waals surface area contributed by atoms with Gasteiger partial charge in [0.25, 0.3) is 5.69 Å². The molecule has 0 bridgehead atoms. The fourth-order valence-corrected chi connectivity index (χ4v) is 1.68. The molecule has 0 N–H and O–H groups in total. The molecule has 0 aliphatic heterocycles. The molecule has 2 rings (SSSR count). The van der Waals surface area contributed by atoms with Crippen LogP contribution in [0.1, 0.15) is 11.1 Å². The van der Waals surface area contributed by atoms with Gasteiger partial charge in [-0.2, -0.15) is 4.73 Å². The Morgan fingerprint density at radius 3 is 2.50 bits per heavy atom. The van der Waals surface area contributed by atoms with E-state index >= 15 is 0 Å². The van der Waals surface area contributed by atoms with Crippen LogP contribution in [0.5, 0.6) is 5.75 Å². The molecule has 2 aromatic rings. The number of methoxy groups -OCH3 is 1. The Morgan fingerprint density at radius 1 is 1.20 bits per heavy atom. The average Bonchev–Trinajstić information content (AvgIpc) is 2.45. The molecule has 1 heterocycles. The molecule has 0 fully saturated rings. The van der Waals surface area contributed by atoms with Gasteiger partial charge in [-0.05, 0) is 23.8 Å². The summed E-state index contributed by atoms with van der Waals surface area (Å²) in [7, 11) is 1.57. The normalized spacial score (nSPS) is 10.7. The number of hydrogen-bond acceptors (Lipinski definition) is 4. The maximum Gasteiger partial charge on any atom is 0.288 e. The van der Waals surface area contributed by atoms with Gasteiger partial charge in [0, 0.05) is 0 Å². The number of aromatic nitrogens is 1. The Kier molecular flexibility index (Phi) is 3.95. The third-order valence-corrected chi connectivity index (χ3v) is 2.71. The van der Waals surface area contributed by atoms with Crippen molar-refractivity contribution < 1.29 is 14.4 Å². The van der Waals surface area contributed by atoms with Crippen LogP contribution < -0.4 is 9.47 Å². The lowest BCUT2D eigenvalue weighted by atomic mass is 10.1. The highest BCUT2D eigenvalue weighted by atomic mass is 16.6. The van der Waals surface area contributed by atoms with E-state index in [0.29, 0.717) is 4.73 Å². The van der Waals surface area contributed by atoms with Gasteiger partial charge >= 0.3 is 0 Å². The van der Waals surface area contributed by atoms with Crippen molar-refractivity contribution in [3.63, 3.8) is 0 Å². The van der Waals surface area contributed by atoms with E-state index in [4.69, 9.17) is 4.74 Å². The van der Waals surface area contributed by atoms with Gasteiger partial charge in [0.1, 0.15) is 11.3 Å². The van der Waals surface area contributed by atoms with Crippen molar-refractivity contribution in [3.05, 3.63) is 69.2 Å². The largest absolute Gasteiger partial charge is 0.619 e. The zero-order valence-corrected chi connectivity index (χ0v) is 10.7. The van der Waals surface area contributed by atoms with Crippen LogP contribution in [0.2, 0.25) is 0 Å². The fourth-order valence-electron chi connectivity index (χ4n) is 1.68. The maximum absolute atomic E-state index is 11.2. The quantitative estimate of drug-likeness (QED) is 0.370. The van der Waals surface area contributed by atoms with Crippen molar-refractivity contribution in [3.8, 4) is 5.75 Å². The van der Waals surface area contributed by atoms with Crippen LogP contribution in [0.4, 0.5) is 5.69 Å². The zero-order chi connectivity index (χ0) is 14.5. The molecule has 0 radical (unpaired) electrons. The van der Waals surface area contributed by atoms with E-state index < -0.39 is 4.92 Å². The third kappa shape index (κ3) is 3.11. The second kappa shape index (κ2) is 5.83. The molecule has 20 heavy (non-hydrogen) atoms. The second-order valence-electron chi connectivity index (χ2n) is 4.01. The highest BCUT2D eigenvalue weighted by molar-refractivity contribution is 5.73. The first kappa shape index (κ1) is 13.5. The average molecular weight is 272 g/mol. The summed E-state index contributed by atoms with van der Waals surface area (Å²) in [4.78, 5) is 10.4. The van der Waals surface area contributed by atoms with Crippen molar-refractivity contribution in [2.75, 3.05) is 7.11 Å². The summed E-state index contributed by atoms with van der Waals surface area (Å²) in [5.74, 6) is 0.727. The van der Waals surface area contributed by atoms with E-state index in [2.05, 4.69) is 0 Å². The highest BCUT2D eigenvalue weighted by Gasteiger charge is 2.14. The van der Waals surface area contributed by atoms with Gasteiger partial charge in [-0.25, -0.2) is 0 Å². The molecule has 0 spiro atoms. The SMILES string of the molecule is COc1ccc(/C=C/c2c[n+]([O-])ccc2[N+](=O)[O-])cc1. The lowest BCUT2D eigenvalue weighted by Gasteiger charge is -2.00. The molecule has 0 unspecified atom stereocenters. The number of hydrogen-bond donors (Lipinski definition) is 0. The minimum atomic E-state index is -0.520. The molecule has 0 amide bonds. The minimum absolute atomic E-state index is 0.109. The molecule has 6 nitrogen and oxygen atoms in total. The summed E-state index contributed by atoms with van der Waals surface area (Å²) in [6, 6.07) is 8.38. The molecule has 102 valence electrons. The number of nitro groups is 1. The van der Waals surface area contributed by atoms with E-state index in [0.717, 1.165) is 23.7 Å². The van der Waals surface area contributed by atoms with Gasteiger partial charge in [-0.1, -0.05) is 18.2 Å². The Hall–Kier alpha value is -2.89. The molecule has 1 aromatic carbocycles. The molecule has 1 aromatic heterocycles. The number of nitrogens with zero attached hydrogens (tertiary/aromatic N) is 2. The molecule has 0 aliphatic carbocycles. The minimum Gasteiger partial charge on any atom is -0.619 e.